The van der Waals surface area contributed by atoms with Crippen LogP contribution in [0.5, 0.6) is 5.75 Å². The van der Waals surface area contributed by atoms with Gasteiger partial charge < -0.3 is 20.7 Å². The summed E-state index contributed by atoms with van der Waals surface area (Å²) in [5, 5.41) is 9.09. The highest BCUT2D eigenvalue weighted by molar-refractivity contribution is 5.90. The van der Waals surface area contributed by atoms with Crippen molar-refractivity contribution in [2.75, 3.05) is 17.7 Å². The largest absolute Gasteiger partial charge is 0.495 e. The molecule has 0 saturated heterocycles. The molecule has 6 nitrogen and oxygen atoms in total. The molecule has 2 amide bonds. The van der Waals surface area contributed by atoms with Gasteiger partial charge in [0.2, 0.25) is 11.8 Å². The third-order valence-corrected chi connectivity index (χ3v) is 4.72. The summed E-state index contributed by atoms with van der Waals surface area (Å²) in [6, 6.07) is 5.14. The molecule has 0 heterocycles. The molecule has 0 bridgehead atoms. The summed E-state index contributed by atoms with van der Waals surface area (Å²) >= 11 is 0. The van der Waals surface area contributed by atoms with Gasteiger partial charge in [0.25, 0.3) is 0 Å². The predicted octanol–water partition coefficient (Wildman–Crippen LogP) is 3.15. The van der Waals surface area contributed by atoms with Crippen LogP contribution < -0.4 is 20.7 Å². The molecular formula is C19H29N3O3. The number of carbonyl (C=O) groups is 2. The molecule has 2 rings (SSSR count). The first kappa shape index (κ1) is 19.1. The van der Waals surface area contributed by atoms with Crippen LogP contribution in [0.4, 0.5) is 11.4 Å². The van der Waals surface area contributed by atoms with Gasteiger partial charge in [0.05, 0.1) is 12.8 Å². The molecule has 1 aromatic rings. The lowest BCUT2D eigenvalue weighted by molar-refractivity contribution is -0.122. The molecule has 1 aliphatic rings. The molecule has 3 atom stereocenters. The van der Waals surface area contributed by atoms with Gasteiger partial charge in [0, 0.05) is 18.7 Å². The molecule has 0 aromatic heterocycles. The SMILES string of the molecule is COc1ccc(NC(C)=O)cc1N[C@H](C)C(=O)N[C@@H]1CCCC[C@H]1C. The summed E-state index contributed by atoms with van der Waals surface area (Å²) in [5.41, 5.74) is 1.33. The van der Waals surface area contributed by atoms with E-state index in [1.165, 1.54) is 26.2 Å². The summed E-state index contributed by atoms with van der Waals surface area (Å²) in [7, 11) is 1.58. The Morgan fingerprint density at radius 2 is 1.96 bits per heavy atom. The first-order valence-corrected chi connectivity index (χ1v) is 8.93. The van der Waals surface area contributed by atoms with E-state index < -0.39 is 6.04 Å². The number of carbonyl (C=O) groups excluding carboxylic acids is 2. The van der Waals surface area contributed by atoms with Crippen LogP contribution in [0.2, 0.25) is 0 Å². The Kier molecular flexibility index (Phi) is 6.67. The minimum atomic E-state index is -0.407. The highest BCUT2D eigenvalue weighted by Gasteiger charge is 2.25. The number of nitrogens with one attached hydrogen (secondary N) is 3. The number of hydrogen-bond donors (Lipinski definition) is 3. The van der Waals surface area contributed by atoms with Crippen LogP contribution in [0.3, 0.4) is 0 Å². The molecule has 0 aliphatic heterocycles. The summed E-state index contributed by atoms with van der Waals surface area (Å²) in [4.78, 5) is 23.8. The second-order valence-corrected chi connectivity index (χ2v) is 6.84. The number of anilines is 2. The molecule has 0 radical (unpaired) electrons. The number of amides is 2. The van der Waals surface area contributed by atoms with Crippen molar-refractivity contribution in [3.8, 4) is 5.75 Å². The predicted molar refractivity (Wildman–Crippen MR) is 99.9 cm³/mol. The van der Waals surface area contributed by atoms with Gasteiger partial charge in [-0.25, -0.2) is 0 Å². The molecule has 0 unspecified atom stereocenters. The van der Waals surface area contributed by atoms with Gasteiger partial charge in [-0.1, -0.05) is 19.8 Å². The zero-order valence-corrected chi connectivity index (χ0v) is 15.5. The minimum Gasteiger partial charge on any atom is -0.495 e. The Bertz CT molecular complexity index is 618. The Hall–Kier alpha value is -2.24. The molecule has 1 fully saturated rings. The Balaban J connectivity index is 2.03. The van der Waals surface area contributed by atoms with Crippen molar-refractivity contribution in [1.29, 1.82) is 0 Å². The third kappa shape index (κ3) is 5.37. The fourth-order valence-electron chi connectivity index (χ4n) is 3.24. The van der Waals surface area contributed by atoms with Crippen LogP contribution in [0.25, 0.3) is 0 Å². The van der Waals surface area contributed by atoms with Crippen molar-refractivity contribution in [3.63, 3.8) is 0 Å². The smallest absolute Gasteiger partial charge is 0.242 e. The highest BCUT2D eigenvalue weighted by atomic mass is 16.5. The Labute approximate surface area is 149 Å². The molecule has 0 spiro atoms. The standard InChI is InChI=1S/C19H29N3O3/c1-12-7-5-6-8-16(12)22-19(24)13(2)20-17-11-15(21-14(3)23)9-10-18(17)25-4/h9-13,16,20H,5-8H2,1-4H3,(H,21,23)(H,22,24)/t12-,13-,16-/m1/s1. The number of methoxy groups -OCH3 is 1. The number of ether oxygens (including phenoxy) is 1. The van der Waals surface area contributed by atoms with Crippen molar-refractivity contribution >= 4 is 23.2 Å². The normalized spacial score (nSPS) is 21.1. The monoisotopic (exact) mass is 347 g/mol. The maximum Gasteiger partial charge on any atom is 0.242 e. The first-order chi connectivity index (χ1) is 11.9. The van der Waals surface area contributed by atoms with Crippen molar-refractivity contribution in [1.82, 2.24) is 5.32 Å². The topological polar surface area (TPSA) is 79.5 Å². The van der Waals surface area contributed by atoms with Crippen molar-refractivity contribution in [2.24, 2.45) is 5.92 Å². The summed E-state index contributed by atoms with van der Waals surface area (Å²) in [6.07, 6.45) is 4.62. The van der Waals surface area contributed by atoms with Gasteiger partial charge in [-0.15, -0.1) is 0 Å². The first-order valence-electron chi connectivity index (χ1n) is 8.93. The Morgan fingerprint density at radius 3 is 2.60 bits per heavy atom. The van der Waals surface area contributed by atoms with E-state index >= 15 is 0 Å². The van der Waals surface area contributed by atoms with Gasteiger partial charge in [0.1, 0.15) is 11.8 Å². The molecule has 1 aliphatic carbocycles. The average Bonchev–Trinajstić information content (AvgIpc) is 2.56. The van der Waals surface area contributed by atoms with E-state index in [1.807, 2.05) is 6.92 Å². The van der Waals surface area contributed by atoms with Gasteiger partial charge in [-0.3, -0.25) is 9.59 Å². The molecule has 6 heteroatoms. The average molecular weight is 347 g/mol. The zero-order chi connectivity index (χ0) is 18.4. The molecule has 1 saturated carbocycles. The van der Waals surface area contributed by atoms with Gasteiger partial charge >= 0.3 is 0 Å². The van der Waals surface area contributed by atoms with Crippen molar-refractivity contribution in [2.45, 2.75) is 58.5 Å². The third-order valence-electron chi connectivity index (χ3n) is 4.72. The molecule has 1 aromatic carbocycles. The Morgan fingerprint density at radius 1 is 1.24 bits per heavy atom. The van der Waals surface area contributed by atoms with Crippen LogP contribution in [0.1, 0.15) is 46.5 Å². The molecule has 138 valence electrons. The van der Waals surface area contributed by atoms with E-state index in [4.69, 9.17) is 4.74 Å². The molecular weight excluding hydrogens is 318 g/mol. The molecule has 25 heavy (non-hydrogen) atoms. The van der Waals surface area contributed by atoms with Crippen LogP contribution >= 0.6 is 0 Å². The quantitative estimate of drug-likeness (QED) is 0.738. The maximum atomic E-state index is 12.5. The van der Waals surface area contributed by atoms with Gasteiger partial charge in [0.15, 0.2) is 0 Å². The summed E-state index contributed by atoms with van der Waals surface area (Å²) in [5.74, 6) is 0.973. The number of hydrogen-bond acceptors (Lipinski definition) is 4. The van der Waals surface area contributed by atoms with Gasteiger partial charge in [-0.2, -0.15) is 0 Å². The van der Waals surface area contributed by atoms with Crippen LogP contribution in [-0.2, 0) is 9.59 Å². The van der Waals surface area contributed by atoms with Gasteiger partial charge in [-0.05, 0) is 43.9 Å². The zero-order valence-electron chi connectivity index (χ0n) is 15.5. The van der Waals surface area contributed by atoms with E-state index in [0.717, 1.165) is 6.42 Å². The lowest BCUT2D eigenvalue weighted by Crippen LogP contribution is -2.46. The highest BCUT2D eigenvalue weighted by Crippen LogP contribution is 2.29. The fraction of sp³-hybridized carbons (Fsp3) is 0.579. The lowest BCUT2D eigenvalue weighted by atomic mass is 9.86. The van der Waals surface area contributed by atoms with E-state index in [-0.39, 0.29) is 17.9 Å². The van der Waals surface area contributed by atoms with E-state index in [1.54, 1.807) is 25.3 Å². The van der Waals surface area contributed by atoms with Crippen molar-refractivity contribution < 1.29 is 14.3 Å². The lowest BCUT2D eigenvalue weighted by Gasteiger charge is -2.30. The van der Waals surface area contributed by atoms with Crippen LogP contribution in [-0.4, -0.2) is 31.0 Å². The molecule has 3 N–H and O–H groups in total. The second-order valence-electron chi connectivity index (χ2n) is 6.84. The second kappa shape index (κ2) is 8.74. The number of rotatable bonds is 6. The van der Waals surface area contributed by atoms with E-state index in [0.29, 0.717) is 23.0 Å². The summed E-state index contributed by atoms with van der Waals surface area (Å²) < 4.78 is 5.35. The van der Waals surface area contributed by atoms with Crippen molar-refractivity contribution in [3.05, 3.63) is 18.2 Å². The van der Waals surface area contributed by atoms with Crippen LogP contribution in [0.15, 0.2) is 18.2 Å². The summed E-state index contributed by atoms with van der Waals surface area (Å²) in [6.45, 7) is 5.48. The van der Waals surface area contributed by atoms with E-state index in [9.17, 15) is 9.59 Å². The fourth-order valence-corrected chi connectivity index (χ4v) is 3.24. The van der Waals surface area contributed by atoms with E-state index in [2.05, 4.69) is 22.9 Å². The van der Waals surface area contributed by atoms with Crippen LogP contribution in [0, 0.1) is 5.92 Å². The minimum absolute atomic E-state index is 0.0225. The number of benzene rings is 1. The maximum absolute atomic E-state index is 12.5.